The van der Waals surface area contributed by atoms with Gasteiger partial charge >= 0.3 is 5.97 Å². The molecule has 2 aromatic carbocycles. The first kappa shape index (κ1) is 21.8. The topological polar surface area (TPSA) is 84.9 Å². The van der Waals surface area contributed by atoms with Crippen molar-refractivity contribution >= 4 is 28.9 Å². The van der Waals surface area contributed by atoms with Gasteiger partial charge in [0.1, 0.15) is 10.7 Å². The maximum absolute atomic E-state index is 13.5. The minimum Gasteiger partial charge on any atom is -0.490 e. The Morgan fingerprint density at radius 3 is 2.47 bits per heavy atom. The number of carbonyl (C=O) groups is 2. The summed E-state index contributed by atoms with van der Waals surface area (Å²) in [5.41, 5.74) is 2.22. The molecule has 0 spiro atoms. The predicted molar refractivity (Wildman–Crippen MR) is 121 cm³/mol. The van der Waals surface area contributed by atoms with E-state index >= 15 is 0 Å². The third-order valence-corrected chi connectivity index (χ3v) is 6.49. The smallest absolute Gasteiger partial charge is 0.346 e. The molecule has 32 heavy (non-hydrogen) atoms. The number of rotatable bonds is 7. The van der Waals surface area contributed by atoms with Crippen molar-refractivity contribution in [2.24, 2.45) is 0 Å². The van der Waals surface area contributed by atoms with Gasteiger partial charge in [-0.05, 0) is 49.2 Å². The van der Waals surface area contributed by atoms with Crippen molar-refractivity contribution in [1.82, 2.24) is 0 Å². The number of carbonyl (C=O) groups excluding carboxylic acids is 1. The molecule has 6 nitrogen and oxygen atoms in total. The maximum Gasteiger partial charge on any atom is 0.346 e. The summed E-state index contributed by atoms with van der Waals surface area (Å²) in [6, 6.07) is 11.1. The number of thiophene rings is 1. The van der Waals surface area contributed by atoms with E-state index in [9.17, 15) is 19.1 Å². The van der Waals surface area contributed by atoms with Gasteiger partial charge in [0.25, 0.3) is 0 Å². The zero-order chi connectivity index (χ0) is 22.8. The highest BCUT2D eigenvalue weighted by atomic mass is 32.1. The molecule has 0 aliphatic carbocycles. The van der Waals surface area contributed by atoms with Gasteiger partial charge in [-0.2, -0.15) is 0 Å². The summed E-state index contributed by atoms with van der Waals surface area (Å²) in [5, 5.41) is 12.7. The molecule has 0 saturated heterocycles. The fraction of sp³-hybridized carbons (Fsp3) is 0.250. The molecule has 1 aromatic heterocycles. The first-order chi connectivity index (χ1) is 15.4. The van der Waals surface area contributed by atoms with E-state index in [1.807, 2.05) is 32.0 Å². The largest absolute Gasteiger partial charge is 0.490 e. The lowest BCUT2D eigenvalue weighted by Gasteiger charge is -2.24. The molecule has 8 heteroatoms. The number of anilines is 1. The van der Waals surface area contributed by atoms with Gasteiger partial charge in [-0.3, -0.25) is 4.79 Å². The Balaban J connectivity index is 1.86. The van der Waals surface area contributed by atoms with Crippen molar-refractivity contribution in [1.29, 1.82) is 0 Å². The molecule has 0 unspecified atom stereocenters. The molecular weight excluding hydrogens is 433 g/mol. The highest BCUT2D eigenvalue weighted by Gasteiger charge is 2.34. The Bertz CT molecular complexity index is 1170. The van der Waals surface area contributed by atoms with Crippen LogP contribution in [-0.4, -0.2) is 30.2 Å². The maximum atomic E-state index is 13.5. The number of benzene rings is 2. The summed E-state index contributed by atoms with van der Waals surface area (Å²) in [4.78, 5) is 25.5. The van der Waals surface area contributed by atoms with Crippen molar-refractivity contribution in [2.45, 2.75) is 26.2 Å². The van der Waals surface area contributed by atoms with Crippen LogP contribution in [-0.2, 0) is 4.79 Å². The Morgan fingerprint density at radius 1 is 1.12 bits per heavy atom. The molecule has 0 radical (unpaired) electrons. The first-order valence-electron chi connectivity index (χ1n) is 10.3. The van der Waals surface area contributed by atoms with Crippen LogP contribution in [0.4, 0.5) is 10.1 Å². The van der Waals surface area contributed by atoms with Crippen LogP contribution < -0.4 is 14.8 Å². The van der Waals surface area contributed by atoms with Crippen LogP contribution in [0.2, 0.25) is 0 Å². The van der Waals surface area contributed by atoms with Crippen LogP contribution in [0.5, 0.6) is 11.5 Å². The molecule has 0 saturated carbocycles. The summed E-state index contributed by atoms with van der Waals surface area (Å²) in [7, 11) is 0. The lowest BCUT2D eigenvalue weighted by atomic mass is 9.88. The number of fused-ring (bicyclic) bond motifs is 1. The average molecular weight is 456 g/mol. The zero-order valence-corrected chi connectivity index (χ0v) is 18.4. The van der Waals surface area contributed by atoms with Crippen molar-refractivity contribution in [3.63, 3.8) is 0 Å². The van der Waals surface area contributed by atoms with Crippen LogP contribution in [0.25, 0.3) is 11.1 Å². The molecule has 0 fully saturated rings. The van der Waals surface area contributed by atoms with Crippen LogP contribution >= 0.6 is 11.3 Å². The number of hydrogen-bond donors (Lipinski definition) is 2. The number of nitrogens with one attached hydrogen (secondary N) is 1. The molecule has 2 N–H and O–H groups in total. The normalized spacial score (nSPS) is 15.1. The molecule has 1 aliphatic heterocycles. The van der Waals surface area contributed by atoms with E-state index in [2.05, 4.69) is 5.32 Å². The number of halogens is 1. The molecule has 2 heterocycles. The van der Waals surface area contributed by atoms with Gasteiger partial charge < -0.3 is 19.9 Å². The Kier molecular flexibility index (Phi) is 6.14. The standard InChI is InChI=1S/C24H22FNO5S/c1-3-30-17-10-7-14(11-18(17)31-4-2)16-12-19(27)26-21-20(13-5-8-15(25)9-6-13)23(24(28)29)32-22(16)21/h5-11,16H,3-4,12H2,1-2H3,(H,26,27)(H,28,29)/t16-/m1/s1. The second kappa shape index (κ2) is 9.00. The van der Waals surface area contributed by atoms with Crippen molar-refractivity contribution in [3.8, 4) is 22.6 Å². The van der Waals surface area contributed by atoms with Crippen molar-refractivity contribution in [3.05, 3.63) is 63.6 Å². The van der Waals surface area contributed by atoms with Gasteiger partial charge in [0.15, 0.2) is 11.5 Å². The number of ether oxygens (including phenoxy) is 2. The lowest BCUT2D eigenvalue weighted by molar-refractivity contribution is -0.116. The second-order valence-electron chi connectivity index (χ2n) is 7.23. The molecule has 1 amide bonds. The van der Waals surface area contributed by atoms with E-state index in [0.717, 1.165) is 21.8 Å². The van der Waals surface area contributed by atoms with Crippen molar-refractivity contribution < 1.29 is 28.6 Å². The summed E-state index contributed by atoms with van der Waals surface area (Å²) in [5.74, 6) is -0.887. The molecule has 4 rings (SSSR count). The minimum atomic E-state index is -1.10. The molecule has 1 aliphatic rings. The fourth-order valence-electron chi connectivity index (χ4n) is 3.88. The number of carboxylic acid groups (broad SMARTS) is 1. The molecule has 166 valence electrons. The van der Waals surface area contributed by atoms with Crippen molar-refractivity contribution in [2.75, 3.05) is 18.5 Å². The summed E-state index contributed by atoms with van der Waals surface area (Å²) >= 11 is 1.13. The summed E-state index contributed by atoms with van der Waals surface area (Å²) in [6.45, 7) is 4.71. The third kappa shape index (κ3) is 4.05. The van der Waals surface area contributed by atoms with Gasteiger partial charge in [-0.1, -0.05) is 18.2 Å². The Hall–Kier alpha value is -3.39. The third-order valence-electron chi connectivity index (χ3n) is 5.20. The molecule has 3 aromatic rings. The quantitative estimate of drug-likeness (QED) is 0.490. The van der Waals surface area contributed by atoms with E-state index in [-0.39, 0.29) is 23.1 Å². The second-order valence-corrected chi connectivity index (χ2v) is 8.29. The lowest BCUT2D eigenvalue weighted by Crippen LogP contribution is -2.22. The zero-order valence-electron chi connectivity index (χ0n) is 17.6. The average Bonchev–Trinajstić information content (AvgIpc) is 3.15. The SMILES string of the molecule is CCOc1ccc([C@H]2CC(=O)Nc3c2sc(C(=O)O)c3-c2ccc(F)cc2)cc1OCC. The van der Waals surface area contributed by atoms with E-state index in [1.165, 1.54) is 24.3 Å². The van der Waals surface area contributed by atoms with Crippen LogP contribution in [0.3, 0.4) is 0 Å². The van der Waals surface area contributed by atoms with E-state index in [1.54, 1.807) is 0 Å². The summed E-state index contributed by atoms with van der Waals surface area (Å²) < 4.78 is 24.8. The Labute approximate surface area is 188 Å². The van der Waals surface area contributed by atoms with Gasteiger partial charge in [0.2, 0.25) is 5.91 Å². The van der Waals surface area contributed by atoms with Crippen LogP contribution in [0.1, 0.15) is 46.3 Å². The molecule has 0 bridgehead atoms. The molecular formula is C24H22FNO5S. The number of carboxylic acids is 1. The Morgan fingerprint density at radius 2 is 1.81 bits per heavy atom. The van der Waals surface area contributed by atoms with E-state index in [0.29, 0.717) is 41.5 Å². The van der Waals surface area contributed by atoms with Gasteiger partial charge in [-0.25, -0.2) is 9.18 Å². The summed E-state index contributed by atoms with van der Waals surface area (Å²) in [6.07, 6.45) is 0.176. The number of hydrogen-bond acceptors (Lipinski definition) is 5. The van der Waals surface area contributed by atoms with E-state index in [4.69, 9.17) is 9.47 Å². The van der Waals surface area contributed by atoms with Gasteiger partial charge in [-0.15, -0.1) is 11.3 Å². The molecule has 1 atom stereocenters. The predicted octanol–water partition coefficient (Wildman–Crippen LogP) is 5.52. The van der Waals surface area contributed by atoms with Crippen LogP contribution in [0.15, 0.2) is 42.5 Å². The first-order valence-corrected chi connectivity index (χ1v) is 11.1. The number of aromatic carboxylic acids is 1. The van der Waals surface area contributed by atoms with E-state index < -0.39 is 11.8 Å². The minimum absolute atomic E-state index is 0.102. The highest BCUT2D eigenvalue weighted by molar-refractivity contribution is 7.15. The highest BCUT2D eigenvalue weighted by Crippen LogP contribution is 2.50. The van der Waals surface area contributed by atoms with Gasteiger partial charge in [0.05, 0.1) is 18.9 Å². The van der Waals surface area contributed by atoms with Gasteiger partial charge in [0, 0.05) is 22.8 Å². The number of amides is 1. The fourth-order valence-corrected chi connectivity index (χ4v) is 5.13. The van der Waals surface area contributed by atoms with Crippen LogP contribution in [0, 0.1) is 5.82 Å². The monoisotopic (exact) mass is 455 g/mol.